The zero-order chi connectivity index (χ0) is 13.9. The summed E-state index contributed by atoms with van der Waals surface area (Å²) < 4.78 is 5.89. The molecule has 3 rings (SSSR count). The van der Waals surface area contributed by atoms with E-state index >= 15 is 0 Å². The maximum absolute atomic E-state index is 9.10. The molecule has 0 aliphatic heterocycles. The predicted octanol–water partition coefficient (Wildman–Crippen LogP) is 5.16. The fraction of sp³-hybridized carbons (Fsp3) is 0. The molecule has 0 aromatic heterocycles. The van der Waals surface area contributed by atoms with Crippen molar-refractivity contribution in [2.24, 2.45) is 0 Å². The van der Waals surface area contributed by atoms with Crippen molar-refractivity contribution in [2.75, 3.05) is 0 Å². The minimum Gasteiger partial charge on any atom is -0.455 e. The van der Waals surface area contributed by atoms with Crippen LogP contribution >= 0.6 is 11.6 Å². The molecule has 0 radical (unpaired) electrons. The second-order valence-corrected chi connectivity index (χ2v) is 4.71. The van der Waals surface area contributed by atoms with Gasteiger partial charge in [0.2, 0.25) is 0 Å². The van der Waals surface area contributed by atoms with E-state index in [1.54, 1.807) is 18.2 Å². The molecule has 3 aromatic carbocycles. The van der Waals surface area contributed by atoms with E-state index in [0.29, 0.717) is 22.1 Å². The number of rotatable bonds is 2. The maximum atomic E-state index is 9.10. The van der Waals surface area contributed by atoms with Crippen LogP contribution in [0.15, 0.2) is 60.7 Å². The van der Waals surface area contributed by atoms with Gasteiger partial charge in [-0.25, -0.2) is 0 Å². The Labute approximate surface area is 121 Å². The van der Waals surface area contributed by atoms with Crippen molar-refractivity contribution in [3.8, 4) is 17.6 Å². The lowest BCUT2D eigenvalue weighted by atomic mass is 10.1. The first kappa shape index (κ1) is 12.5. The average Bonchev–Trinajstić information content (AvgIpc) is 2.51. The third-order valence-corrected chi connectivity index (χ3v) is 3.39. The largest absolute Gasteiger partial charge is 0.455 e. The first-order chi connectivity index (χ1) is 9.79. The monoisotopic (exact) mass is 279 g/mol. The average molecular weight is 280 g/mol. The quantitative estimate of drug-likeness (QED) is 0.649. The van der Waals surface area contributed by atoms with Gasteiger partial charge in [0.1, 0.15) is 17.6 Å². The molecule has 0 saturated carbocycles. The Bertz CT molecular complexity index is 821. The second-order valence-electron chi connectivity index (χ2n) is 4.30. The van der Waals surface area contributed by atoms with Crippen LogP contribution in [0.25, 0.3) is 10.8 Å². The van der Waals surface area contributed by atoms with Crippen LogP contribution in [0.2, 0.25) is 5.02 Å². The molecular weight excluding hydrogens is 270 g/mol. The number of nitrogens with zero attached hydrogens (tertiary/aromatic N) is 1. The van der Waals surface area contributed by atoms with E-state index in [1.807, 2.05) is 42.5 Å². The van der Waals surface area contributed by atoms with Gasteiger partial charge in [0.05, 0.1) is 5.56 Å². The summed E-state index contributed by atoms with van der Waals surface area (Å²) in [5.41, 5.74) is 0.506. The van der Waals surface area contributed by atoms with Gasteiger partial charge in [-0.05, 0) is 24.3 Å². The van der Waals surface area contributed by atoms with Gasteiger partial charge in [0.25, 0.3) is 0 Å². The van der Waals surface area contributed by atoms with Crippen LogP contribution < -0.4 is 4.74 Å². The van der Waals surface area contributed by atoms with Gasteiger partial charge < -0.3 is 4.74 Å². The lowest BCUT2D eigenvalue weighted by molar-refractivity contribution is 0.487. The molecule has 0 atom stereocenters. The summed E-state index contributed by atoms with van der Waals surface area (Å²) in [4.78, 5) is 0. The third kappa shape index (κ3) is 2.20. The normalized spacial score (nSPS) is 10.2. The minimum absolute atomic E-state index is 0.506. The van der Waals surface area contributed by atoms with Gasteiger partial charge in [0.15, 0.2) is 0 Å². The lowest BCUT2D eigenvalue weighted by Gasteiger charge is -2.10. The molecule has 0 aliphatic rings. The molecule has 0 bridgehead atoms. The topological polar surface area (TPSA) is 33.0 Å². The summed E-state index contributed by atoms with van der Waals surface area (Å²) >= 11 is 6.18. The first-order valence-corrected chi connectivity index (χ1v) is 6.51. The molecule has 0 saturated heterocycles. The Kier molecular flexibility index (Phi) is 3.28. The van der Waals surface area contributed by atoms with Crippen LogP contribution in [0.1, 0.15) is 5.56 Å². The van der Waals surface area contributed by atoms with Crippen LogP contribution in [-0.2, 0) is 0 Å². The molecule has 0 aliphatic carbocycles. The number of para-hydroxylation sites is 1. The molecule has 96 valence electrons. The SMILES string of the molecule is N#Cc1ccccc1Oc1ccc(Cl)c2ccccc12. The molecule has 3 aromatic rings. The number of ether oxygens (including phenoxy) is 1. The standard InChI is InChI=1S/C17H10ClNO/c18-15-9-10-17(14-7-3-2-6-13(14)15)20-16-8-4-1-5-12(16)11-19/h1-10H. The van der Waals surface area contributed by atoms with Crippen molar-refractivity contribution in [1.29, 1.82) is 5.26 Å². The van der Waals surface area contributed by atoms with Crippen molar-refractivity contribution >= 4 is 22.4 Å². The van der Waals surface area contributed by atoms with Gasteiger partial charge in [-0.3, -0.25) is 0 Å². The van der Waals surface area contributed by atoms with Crippen molar-refractivity contribution in [2.45, 2.75) is 0 Å². The molecule has 0 spiro atoms. The van der Waals surface area contributed by atoms with Crippen molar-refractivity contribution in [3.63, 3.8) is 0 Å². The van der Waals surface area contributed by atoms with Crippen molar-refractivity contribution in [3.05, 3.63) is 71.2 Å². The van der Waals surface area contributed by atoms with Gasteiger partial charge in [-0.1, -0.05) is 48.0 Å². The maximum Gasteiger partial charge on any atom is 0.145 e. The Morgan fingerprint density at radius 2 is 1.50 bits per heavy atom. The summed E-state index contributed by atoms with van der Waals surface area (Å²) in [6.45, 7) is 0. The van der Waals surface area contributed by atoms with Crippen molar-refractivity contribution in [1.82, 2.24) is 0 Å². The molecule has 0 amide bonds. The smallest absolute Gasteiger partial charge is 0.145 e. The Morgan fingerprint density at radius 1 is 0.800 bits per heavy atom. The highest BCUT2D eigenvalue weighted by molar-refractivity contribution is 6.35. The molecule has 3 heteroatoms. The van der Waals surface area contributed by atoms with Crippen LogP contribution in [0.3, 0.4) is 0 Å². The number of nitriles is 1. The van der Waals surface area contributed by atoms with Crippen LogP contribution in [0.5, 0.6) is 11.5 Å². The summed E-state index contributed by atoms with van der Waals surface area (Å²) in [5, 5.41) is 11.6. The Balaban J connectivity index is 2.12. The third-order valence-electron chi connectivity index (χ3n) is 3.06. The highest BCUT2D eigenvalue weighted by Gasteiger charge is 2.08. The van der Waals surface area contributed by atoms with E-state index in [2.05, 4.69) is 6.07 Å². The summed E-state index contributed by atoms with van der Waals surface area (Å²) in [5.74, 6) is 1.23. The summed E-state index contributed by atoms with van der Waals surface area (Å²) in [6.07, 6.45) is 0. The zero-order valence-corrected chi connectivity index (χ0v) is 11.3. The Morgan fingerprint density at radius 3 is 2.30 bits per heavy atom. The molecular formula is C17H10ClNO. The lowest BCUT2D eigenvalue weighted by Crippen LogP contribution is -1.89. The minimum atomic E-state index is 0.506. The number of benzene rings is 3. The van der Waals surface area contributed by atoms with E-state index in [4.69, 9.17) is 21.6 Å². The predicted molar refractivity (Wildman–Crippen MR) is 80.2 cm³/mol. The highest BCUT2D eigenvalue weighted by Crippen LogP contribution is 2.34. The zero-order valence-electron chi connectivity index (χ0n) is 10.5. The molecule has 0 unspecified atom stereocenters. The first-order valence-electron chi connectivity index (χ1n) is 6.14. The fourth-order valence-electron chi connectivity index (χ4n) is 2.09. The summed E-state index contributed by atoms with van der Waals surface area (Å²) in [7, 11) is 0. The highest BCUT2D eigenvalue weighted by atomic mass is 35.5. The number of fused-ring (bicyclic) bond motifs is 1. The van der Waals surface area contributed by atoms with Crippen LogP contribution in [0, 0.1) is 11.3 Å². The number of hydrogen-bond donors (Lipinski definition) is 0. The van der Waals surface area contributed by atoms with E-state index in [0.717, 1.165) is 10.8 Å². The van der Waals surface area contributed by atoms with Crippen LogP contribution in [-0.4, -0.2) is 0 Å². The molecule has 0 heterocycles. The number of halogens is 1. The number of hydrogen-bond acceptors (Lipinski definition) is 2. The van der Waals surface area contributed by atoms with Gasteiger partial charge in [-0.2, -0.15) is 5.26 Å². The fourth-order valence-corrected chi connectivity index (χ4v) is 2.32. The van der Waals surface area contributed by atoms with E-state index in [1.165, 1.54) is 0 Å². The molecule has 20 heavy (non-hydrogen) atoms. The van der Waals surface area contributed by atoms with Gasteiger partial charge >= 0.3 is 0 Å². The van der Waals surface area contributed by atoms with Gasteiger partial charge in [-0.15, -0.1) is 0 Å². The van der Waals surface area contributed by atoms with Crippen LogP contribution in [0.4, 0.5) is 0 Å². The molecule has 0 fully saturated rings. The molecule has 0 N–H and O–H groups in total. The molecule has 2 nitrogen and oxygen atoms in total. The van der Waals surface area contributed by atoms with E-state index < -0.39 is 0 Å². The Hall–Kier alpha value is -2.50. The van der Waals surface area contributed by atoms with Gasteiger partial charge in [0, 0.05) is 15.8 Å². The summed E-state index contributed by atoms with van der Waals surface area (Å²) in [6, 6.07) is 20.7. The van der Waals surface area contributed by atoms with Crippen molar-refractivity contribution < 1.29 is 4.74 Å². The van der Waals surface area contributed by atoms with E-state index in [9.17, 15) is 0 Å². The van der Waals surface area contributed by atoms with E-state index in [-0.39, 0.29) is 0 Å². The second kappa shape index (κ2) is 5.24.